The first kappa shape index (κ1) is 17.7. The predicted octanol–water partition coefficient (Wildman–Crippen LogP) is 2.53. The maximum atomic E-state index is 12.6. The van der Waals surface area contributed by atoms with Crippen molar-refractivity contribution >= 4 is 22.8 Å². The second-order valence-corrected chi connectivity index (χ2v) is 6.97. The highest BCUT2D eigenvalue weighted by molar-refractivity contribution is 7.99. The van der Waals surface area contributed by atoms with Crippen molar-refractivity contribution in [3.05, 3.63) is 26.7 Å². The summed E-state index contributed by atoms with van der Waals surface area (Å²) in [5.74, 6) is 1.68. The molecule has 0 atom stereocenters. The van der Waals surface area contributed by atoms with E-state index in [1.165, 1.54) is 7.05 Å². The molecule has 0 amide bonds. The summed E-state index contributed by atoms with van der Waals surface area (Å²) in [4.78, 5) is 34.2. The normalized spacial score (nSPS) is 11.6. The van der Waals surface area contributed by atoms with Crippen molar-refractivity contribution in [3.63, 3.8) is 0 Å². The Balaban J connectivity index is 2.92. The summed E-state index contributed by atoms with van der Waals surface area (Å²) in [5, 5.41) is 1.15. The van der Waals surface area contributed by atoms with Gasteiger partial charge in [-0.1, -0.05) is 27.7 Å². The van der Waals surface area contributed by atoms with Crippen molar-refractivity contribution in [2.75, 3.05) is 5.75 Å². The zero-order chi connectivity index (χ0) is 17.1. The first-order chi connectivity index (χ1) is 10.9. The molecule has 0 fully saturated rings. The third-order valence-corrected chi connectivity index (χ3v) is 4.75. The fourth-order valence-corrected chi connectivity index (χ4v) is 3.22. The van der Waals surface area contributed by atoms with E-state index in [1.807, 2.05) is 20.8 Å². The molecule has 0 saturated heterocycles. The van der Waals surface area contributed by atoms with Crippen LogP contribution >= 0.6 is 11.8 Å². The van der Waals surface area contributed by atoms with Gasteiger partial charge in [-0.25, -0.2) is 14.8 Å². The second kappa shape index (κ2) is 7.29. The lowest BCUT2D eigenvalue weighted by Gasteiger charge is -2.14. The molecule has 2 aromatic rings. The van der Waals surface area contributed by atoms with E-state index >= 15 is 0 Å². The summed E-state index contributed by atoms with van der Waals surface area (Å²) in [6.07, 6.45) is 1.79. The van der Waals surface area contributed by atoms with Gasteiger partial charge in [0.25, 0.3) is 5.56 Å². The number of aryl methyl sites for hydroxylation is 1. The molecule has 0 unspecified atom stereocenters. The summed E-state index contributed by atoms with van der Waals surface area (Å²) < 4.78 is 2.76. The minimum Gasteiger partial charge on any atom is -0.277 e. The van der Waals surface area contributed by atoms with Crippen molar-refractivity contribution in [1.29, 1.82) is 0 Å². The molecule has 0 aromatic carbocycles. The van der Waals surface area contributed by atoms with Gasteiger partial charge >= 0.3 is 5.69 Å². The standard InChI is InChI=1S/C16H24N4O2S/c1-6-8-20-13-11(15(21)19(5)16(20)22)14(23-9-7-2)18-12(17-13)10(3)4/h10H,6-9H2,1-5H3. The molecule has 2 heterocycles. The van der Waals surface area contributed by atoms with Crippen LogP contribution in [-0.2, 0) is 13.6 Å². The number of hydrogen-bond acceptors (Lipinski definition) is 5. The Bertz CT molecular complexity index is 823. The predicted molar refractivity (Wildman–Crippen MR) is 94.4 cm³/mol. The van der Waals surface area contributed by atoms with Crippen LogP contribution < -0.4 is 11.2 Å². The van der Waals surface area contributed by atoms with Crippen LogP contribution in [0.4, 0.5) is 0 Å². The molecule has 0 radical (unpaired) electrons. The van der Waals surface area contributed by atoms with Crippen LogP contribution in [0.5, 0.6) is 0 Å². The van der Waals surface area contributed by atoms with Crippen molar-refractivity contribution < 1.29 is 0 Å². The minimum absolute atomic E-state index is 0.134. The van der Waals surface area contributed by atoms with Crippen LogP contribution in [0, 0.1) is 0 Å². The number of fused-ring (bicyclic) bond motifs is 1. The zero-order valence-electron chi connectivity index (χ0n) is 14.4. The van der Waals surface area contributed by atoms with E-state index in [-0.39, 0.29) is 17.2 Å². The van der Waals surface area contributed by atoms with E-state index in [0.29, 0.717) is 28.4 Å². The molecule has 0 aliphatic carbocycles. The molecule has 2 rings (SSSR count). The van der Waals surface area contributed by atoms with Gasteiger partial charge in [0.15, 0.2) is 5.65 Å². The van der Waals surface area contributed by atoms with Crippen LogP contribution in [0.1, 0.15) is 52.3 Å². The lowest BCUT2D eigenvalue weighted by Crippen LogP contribution is -2.39. The van der Waals surface area contributed by atoms with E-state index in [4.69, 9.17) is 0 Å². The first-order valence-corrected chi connectivity index (χ1v) is 9.05. The van der Waals surface area contributed by atoms with Crippen LogP contribution in [0.3, 0.4) is 0 Å². The average molecular weight is 336 g/mol. The number of nitrogens with zero attached hydrogens (tertiary/aromatic N) is 4. The van der Waals surface area contributed by atoms with Crippen molar-refractivity contribution in [3.8, 4) is 0 Å². The third-order valence-electron chi connectivity index (χ3n) is 3.57. The summed E-state index contributed by atoms with van der Waals surface area (Å²) in [6.45, 7) is 8.65. The van der Waals surface area contributed by atoms with Gasteiger partial charge in [-0.2, -0.15) is 0 Å². The van der Waals surface area contributed by atoms with E-state index < -0.39 is 0 Å². The molecular formula is C16H24N4O2S. The maximum Gasteiger partial charge on any atom is 0.332 e. The Hall–Kier alpha value is -1.63. The smallest absolute Gasteiger partial charge is 0.277 e. The molecule has 0 aliphatic heterocycles. The first-order valence-electron chi connectivity index (χ1n) is 8.06. The van der Waals surface area contributed by atoms with Crippen LogP contribution in [0.15, 0.2) is 14.6 Å². The molecule has 6 nitrogen and oxygen atoms in total. The molecule has 7 heteroatoms. The number of aromatic nitrogens is 4. The van der Waals surface area contributed by atoms with Gasteiger partial charge in [-0.3, -0.25) is 13.9 Å². The summed E-state index contributed by atoms with van der Waals surface area (Å²) >= 11 is 1.56. The van der Waals surface area contributed by atoms with Crippen LogP contribution in [0.2, 0.25) is 0 Å². The molecule has 0 bridgehead atoms. The van der Waals surface area contributed by atoms with Gasteiger partial charge in [0.2, 0.25) is 0 Å². The highest BCUT2D eigenvalue weighted by Gasteiger charge is 2.19. The highest BCUT2D eigenvalue weighted by atomic mass is 32.2. The van der Waals surface area contributed by atoms with E-state index in [9.17, 15) is 9.59 Å². The minimum atomic E-state index is -0.316. The Morgan fingerprint density at radius 2 is 1.83 bits per heavy atom. The monoisotopic (exact) mass is 336 g/mol. The molecule has 0 saturated carbocycles. The number of rotatable bonds is 6. The summed E-state index contributed by atoms with van der Waals surface area (Å²) in [7, 11) is 1.51. The van der Waals surface area contributed by atoms with E-state index in [2.05, 4.69) is 16.9 Å². The van der Waals surface area contributed by atoms with Crippen LogP contribution in [0.25, 0.3) is 11.0 Å². The lowest BCUT2D eigenvalue weighted by atomic mass is 10.2. The fourth-order valence-electron chi connectivity index (χ4n) is 2.34. The van der Waals surface area contributed by atoms with Crippen molar-refractivity contribution in [2.45, 2.75) is 58.0 Å². The van der Waals surface area contributed by atoms with Gasteiger partial charge in [0.05, 0.1) is 0 Å². The Morgan fingerprint density at radius 3 is 2.39 bits per heavy atom. The van der Waals surface area contributed by atoms with Crippen molar-refractivity contribution in [1.82, 2.24) is 19.1 Å². The summed E-state index contributed by atoms with van der Waals surface area (Å²) in [5.41, 5.74) is -0.160. The Kier molecular flexibility index (Phi) is 5.62. The SMILES string of the molecule is CCCSc1nc(C(C)C)nc2c1c(=O)n(C)c(=O)n2CCC. The van der Waals surface area contributed by atoms with Gasteiger partial charge in [-0.15, -0.1) is 11.8 Å². The number of thioether (sulfide) groups is 1. The largest absolute Gasteiger partial charge is 0.332 e. The van der Waals surface area contributed by atoms with E-state index in [0.717, 1.165) is 23.2 Å². The molecule has 126 valence electrons. The van der Waals surface area contributed by atoms with Gasteiger partial charge in [0, 0.05) is 19.5 Å². The maximum absolute atomic E-state index is 12.6. The lowest BCUT2D eigenvalue weighted by molar-refractivity contribution is 0.603. The van der Waals surface area contributed by atoms with Crippen molar-refractivity contribution in [2.24, 2.45) is 7.05 Å². The third kappa shape index (κ3) is 3.34. The topological polar surface area (TPSA) is 69.8 Å². The summed E-state index contributed by atoms with van der Waals surface area (Å²) in [6, 6.07) is 0. The van der Waals surface area contributed by atoms with Gasteiger partial charge < -0.3 is 0 Å². The van der Waals surface area contributed by atoms with Gasteiger partial charge in [-0.05, 0) is 18.6 Å². The molecule has 2 aromatic heterocycles. The molecule has 23 heavy (non-hydrogen) atoms. The second-order valence-electron chi connectivity index (χ2n) is 5.89. The van der Waals surface area contributed by atoms with E-state index in [1.54, 1.807) is 16.3 Å². The fraction of sp³-hybridized carbons (Fsp3) is 0.625. The molecule has 0 N–H and O–H groups in total. The molecule has 0 aliphatic rings. The number of hydrogen-bond donors (Lipinski definition) is 0. The molecular weight excluding hydrogens is 312 g/mol. The molecule has 0 spiro atoms. The van der Waals surface area contributed by atoms with Crippen LogP contribution in [-0.4, -0.2) is 24.9 Å². The Labute approximate surface area is 140 Å². The average Bonchev–Trinajstić information content (AvgIpc) is 2.53. The zero-order valence-corrected chi connectivity index (χ0v) is 15.2. The highest BCUT2D eigenvalue weighted by Crippen LogP contribution is 2.25. The van der Waals surface area contributed by atoms with Gasteiger partial charge in [0.1, 0.15) is 16.2 Å². The Morgan fingerprint density at radius 1 is 1.13 bits per heavy atom. The quantitative estimate of drug-likeness (QED) is 0.599.